The lowest BCUT2D eigenvalue weighted by molar-refractivity contribution is 0.206. The summed E-state index contributed by atoms with van der Waals surface area (Å²) in [5.74, 6) is 0.653. The molecule has 0 bridgehead atoms. The van der Waals surface area contributed by atoms with Crippen molar-refractivity contribution in [3.63, 3.8) is 0 Å². The number of H-pyrrole nitrogens is 1. The summed E-state index contributed by atoms with van der Waals surface area (Å²) in [4.78, 5) is 34.4. The number of halogens is 1. The number of hydrogen-bond acceptors (Lipinski definition) is 4. The van der Waals surface area contributed by atoms with Gasteiger partial charge in [-0.15, -0.1) is 0 Å². The highest BCUT2D eigenvalue weighted by molar-refractivity contribution is 6.30. The number of aromatic amines is 1. The normalized spacial score (nSPS) is 10.7. The van der Waals surface area contributed by atoms with Crippen molar-refractivity contribution in [2.75, 3.05) is 12.4 Å². The van der Waals surface area contributed by atoms with Crippen molar-refractivity contribution in [3.8, 4) is 5.75 Å². The summed E-state index contributed by atoms with van der Waals surface area (Å²) in [5.41, 5.74) is 2.28. The second-order valence-electron chi connectivity index (χ2n) is 7.23. The first-order chi connectivity index (χ1) is 15.5. The summed E-state index contributed by atoms with van der Waals surface area (Å²) >= 11 is 6.04. The van der Waals surface area contributed by atoms with Crippen LogP contribution in [0.1, 0.15) is 11.1 Å². The fourth-order valence-corrected chi connectivity index (χ4v) is 3.55. The summed E-state index contributed by atoms with van der Waals surface area (Å²) in [5, 5.41) is 4.21. The van der Waals surface area contributed by atoms with Crippen LogP contribution in [0.2, 0.25) is 5.02 Å². The van der Waals surface area contributed by atoms with Gasteiger partial charge >= 0.3 is 6.03 Å². The zero-order chi connectivity index (χ0) is 22.5. The molecule has 0 saturated carbocycles. The first-order valence-corrected chi connectivity index (χ1v) is 10.3. The molecule has 162 valence electrons. The van der Waals surface area contributed by atoms with Crippen molar-refractivity contribution in [3.05, 3.63) is 99.6 Å². The summed E-state index contributed by atoms with van der Waals surface area (Å²) in [6.45, 7) is 0.388. The third-order valence-corrected chi connectivity index (χ3v) is 5.19. The molecule has 0 aliphatic rings. The monoisotopic (exact) mass is 448 g/mol. The van der Waals surface area contributed by atoms with Gasteiger partial charge in [0.2, 0.25) is 0 Å². The van der Waals surface area contributed by atoms with Crippen LogP contribution in [0.4, 0.5) is 10.5 Å². The number of aromatic nitrogens is 2. The molecule has 0 unspecified atom stereocenters. The van der Waals surface area contributed by atoms with Crippen LogP contribution in [0.5, 0.6) is 5.75 Å². The molecule has 7 nitrogen and oxygen atoms in total. The Morgan fingerprint density at radius 1 is 1.12 bits per heavy atom. The average molecular weight is 449 g/mol. The smallest absolute Gasteiger partial charge is 0.322 e. The first-order valence-electron chi connectivity index (χ1n) is 9.92. The Morgan fingerprint density at radius 2 is 2.00 bits per heavy atom. The fraction of sp³-hybridized carbons (Fsp3) is 0.125. The molecule has 4 aromatic rings. The number of nitrogens with one attached hydrogen (secondary N) is 2. The molecule has 2 amide bonds. The Labute approximate surface area is 189 Å². The predicted octanol–water partition coefficient (Wildman–Crippen LogP) is 4.82. The van der Waals surface area contributed by atoms with Gasteiger partial charge in [-0.25, -0.2) is 4.79 Å². The van der Waals surface area contributed by atoms with Crippen LogP contribution in [0.3, 0.4) is 0 Å². The highest BCUT2D eigenvalue weighted by atomic mass is 35.5. The van der Waals surface area contributed by atoms with Crippen LogP contribution in [0, 0.1) is 0 Å². The zero-order valence-corrected chi connectivity index (χ0v) is 18.1. The third kappa shape index (κ3) is 5.07. The van der Waals surface area contributed by atoms with Crippen molar-refractivity contribution in [2.45, 2.75) is 13.1 Å². The predicted molar refractivity (Wildman–Crippen MR) is 125 cm³/mol. The number of methoxy groups -OCH3 is 1. The molecule has 4 rings (SSSR count). The summed E-state index contributed by atoms with van der Waals surface area (Å²) in [6.07, 6.45) is 3.36. The molecule has 0 radical (unpaired) electrons. The molecule has 2 N–H and O–H groups in total. The minimum atomic E-state index is -0.356. The molecule has 0 spiro atoms. The van der Waals surface area contributed by atoms with E-state index in [1.165, 1.54) is 0 Å². The molecule has 32 heavy (non-hydrogen) atoms. The minimum absolute atomic E-state index is 0.110. The van der Waals surface area contributed by atoms with Gasteiger partial charge < -0.3 is 19.9 Å². The Kier molecular flexibility index (Phi) is 6.37. The number of fused-ring (bicyclic) bond motifs is 1. The Morgan fingerprint density at radius 3 is 2.75 bits per heavy atom. The van der Waals surface area contributed by atoms with E-state index in [4.69, 9.17) is 16.3 Å². The van der Waals surface area contributed by atoms with Gasteiger partial charge in [-0.1, -0.05) is 23.7 Å². The number of benzene rings is 2. The highest BCUT2D eigenvalue weighted by Crippen LogP contribution is 2.20. The molecular weight excluding hydrogens is 428 g/mol. The number of pyridine rings is 2. The topological polar surface area (TPSA) is 87.3 Å². The molecule has 2 aromatic carbocycles. The van der Waals surface area contributed by atoms with Gasteiger partial charge in [0.1, 0.15) is 5.75 Å². The van der Waals surface area contributed by atoms with Crippen LogP contribution in [0.15, 0.2) is 77.9 Å². The van der Waals surface area contributed by atoms with E-state index >= 15 is 0 Å². The SMILES string of the molecule is COc1ccc2cc(CN(Cc3cccnc3)C(=O)Nc3cccc(Cl)c3)c(=O)[nH]c2c1. The van der Waals surface area contributed by atoms with E-state index in [-0.39, 0.29) is 24.7 Å². The number of ether oxygens (including phenoxy) is 1. The number of anilines is 1. The van der Waals surface area contributed by atoms with Gasteiger partial charge in [0.25, 0.3) is 5.56 Å². The van der Waals surface area contributed by atoms with Crippen molar-refractivity contribution < 1.29 is 9.53 Å². The van der Waals surface area contributed by atoms with Crippen LogP contribution >= 0.6 is 11.6 Å². The lowest BCUT2D eigenvalue weighted by Gasteiger charge is -2.23. The Bertz CT molecular complexity index is 1310. The van der Waals surface area contributed by atoms with Crippen LogP contribution in [-0.2, 0) is 13.1 Å². The van der Waals surface area contributed by atoms with E-state index < -0.39 is 0 Å². The number of carbonyl (C=O) groups excluding carboxylic acids is 1. The zero-order valence-electron chi connectivity index (χ0n) is 17.3. The van der Waals surface area contributed by atoms with Gasteiger partial charge in [-0.3, -0.25) is 9.78 Å². The van der Waals surface area contributed by atoms with Gasteiger partial charge in [-0.05, 0) is 53.4 Å². The van der Waals surface area contributed by atoms with Gasteiger partial charge in [0, 0.05) is 41.3 Å². The number of urea groups is 1. The van der Waals surface area contributed by atoms with Gasteiger partial charge in [0.15, 0.2) is 0 Å². The quantitative estimate of drug-likeness (QED) is 0.442. The van der Waals surface area contributed by atoms with Gasteiger partial charge in [-0.2, -0.15) is 0 Å². The Balaban J connectivity index is 1.64. The highest BCUT2D eigenvalue weighted by Gasteiger charge is 2.17. The number of nitrogens with zero attached hydrogens (tertiary/aromatic N) is 2. The largest absolute Gasteiger partial charge is 0.497 e. The number of rotatable bonds is 6. The van der Waals surface area contributed by atoms with Crippen molar-refractivity contribution >= 4 is 34.2 Å². The van der Waals surface area contributed by atoms with Crippen LogP contribution in [-0.4, -0.2) is 28.0 Å². The van der Waals surface area contributed by atoms with Crippen molar-refractivity contribution in [1.82, 2.24) is 14.9 Å². The maximum Gasteiger partial charge on any atom is 0.322 e. The summed E-state index contributed by atoms with van der Waals surface area (Å²) in [6, 6.07) is 17.5. The average Bonchev–Trinajstić information content (AvgIpc) is 2.79. The standard InChI is InChI=1S/C24H21ClN4O3/c1-32-21-8-7-17-10-18(23(30)28-22(17)12-21)15-29(14-16-4-3-9-26-13-16)24(31)27-20-6-2-5-19(25)11-20/h2-13H,14-15H2,1H3,(H,27,31)(H,28,30). The molecule has 2 aromatic heterocycles. The van der Waals surface area contributed by atoms with Crippen LogP contribution in [0.25, 0.3) is 10.9 Å². The van der Waals surface area contributed by atoms with Crippen molar-refractivity contribution in [1.29, 1.82) is 0 Å². The van der Waals surface area contributed by atoms with E-state index in [9.17, 15) is 9.59 Å². The molecule has 2 heterocycles. The molecule has 0 saturated heterocycles. The lowest BCUT2D eigenvalue weighted by Crippen LogP contribution is -2.35. The summed E-state index contributed by atoms with van der Waals surface area (Å²) < 4.78 is 5.22. The molecule has 0 aliphatic carbocycles. The van der Waals surface area contributed by atoms with E-state index in [1.54, 1.807) is 66.9 Å². The van der Waals surface area contributed by atoms with E-state index in [1.807, 2.05) is 18.2 Å². The first kappa shape index (κ1) is 21.4. The molecule has 0 aliphatic heterocycles. The fourth-order valence-electron chi connectivity index (χ4n) is 3.36. The van der Waals surface area contributed by atoms with E-state index in [2.05, 4.69) is 15.3 Å². The second-order valence-corrected chi connectivity index (χ2v) is 7.67. The second kappa shape index (κ2) is 9.53. The van der Waals surface area contributed by atoms with E-state index in [0.29, 0.717) is 27.5 Å². The molecular formula is C24H21ClN4O3. The molecule has 0 atom stereocenters. The summed E-state index contributed by atoms with van der Waals surface area (Å²) in [7, 11) is 1.57. The number of carbonyl (C=O) groups is 1. The van der Waals surface area contributed by atoms with Crippen LogP contribution < -0.4 is 15.6 Å². The van der Waals surface area contributed by atoms with Crippen molar-refractivity contribution in [2.24, 2.45) is 0 Å². The molecule has 0 fully saturated rings. The van der Waals surface area contributed by atoms with Gasteiger partial charge in [0.05, 0.1) is 19.2 Å². The number of hydrogen-bond donors (Lipinski definition) is 2. The maximum absolute atomic E-state index is 13.1. The lowest BCUT2D eigenvalue weighted by atomic mass is 10.1. The Hall–Kier alpha value is -3.84. The van der Waals surface area contributed by atoms with E-state index in [0.717, 1.165) is 10.9 Å². The molecule has 8 heteroatoms. The number of amides is 2. The third-order valence-electron chi connectivity index (χ3n) is 4.95. The maximum atomic E-state index is 13.1. The minimum Gasteiger partial charge on any atom is -0.497 e.